The highest BCUT2D eigenvalue weighted by Gasteiger charge is 2.27. The van der Waals surface area contributed by atoms with Crippen LogP contribution < -0.4 is 19.5 Å². The second kappa shape index (κ2) is 7.26. The summed E-state index contributed by atoms with van der Waals surface area (Å²) in [7, 11) is 3.19. The Balaban J connectivity index is 1.57. The Morgan fingerprint density at radius 2 is 2.07 bits per heavy atom. The summed E-state index contributed by atoms with van der Waals surface area (Å²) >= 11 is 0. The van der Waals surface area contributed by atoms with Crippen LogP contribution >= 0.6 is 0 Å². The summed E-state index contributed by atoms with van der Waals surface area (Å²) in [4.78, 5) is 17.0. The van der Waals surface area contributed by atoms with Gasteiger partial charge in [-0.15, -0.1) is 0 Å². The van der Waals surface area contributed by atoms with Gasteiger partial charge in [0.1, 0.15) is 23.9 Å². The first-order chi connectivity index (χ1) is 13.6. The molecule has 1 amide bonds. The van der Waals surface area contributed by atoms with E-state index in [0.717, 1.165) is 28.4 Å². The third-order valence-electron chi connectivity index (χ3n) is 4.73. The number of nitrogens with one attached hydrogen (secondary N) is 1. The molecule has 0 unspecified atom stereocenters. The SMILES string of the molecule is COc1ccc2c(c1)[C@@H](NC(=O)c1ccc(-n3cnc(C)c3)c(OC)c1)CO2. The molecule has 144 valence electrons. The average Bonchev–Trinajstić information content (AvgIpc) is 3.33. The van der Waals surface area contributed by atoms with Crippen molar-refractivity contribution in [3.05, 3.63) is 65.7 Å². The van der Waals surface area contributed by atoms with E-state index in [2.05, 4.69) is 10.3 Å². The van der Waals surface area contributed by atoms with Crippen LogP contribution in [0.1, 0.15) is 27.7 Å². The molecule has 1 atom stereocenters. The molecule has 28 heavy (non-hydrogen) atoms. The molecule has 4 rings (SSSR count). The molecular formula is C21H21N3O4. The van der Waals surface area contributed by atoms with Crippen LogP contribution in [0.15, 0.2) is 48.9 Å². The molecule has 7 heteroatoms. The zero-order valence-corrected chi connectivity index (χ0v) is 15.9. The van der Waals surface area contributed by atoms with Crippen LogP contribution in [0, 0.1) is 6.92 Å². The number of rotatable bonds is 5. The van der Waals surface area contributed by atoms with Crippen LogP contribution in [0.2, 0.25) is 0 Å². The quantitative estimate of drug-likeness (QED) is 0.737. The highest BCUT2D eigenvalue weighted by atomic mass is 16.5. The van der Waals surface area contributed by atoms with Gasteiger partial charge in [0.25, 0.3) is 5.91 Å². The smallest absolute Gasteiger partial charge is 0.252 e. The van der Waals surface area contributed by atoms with Gasteiger partial charge in [-0.2, -0.15) is 0 Å². The molecular weight excluding hydrogens is 358 g/mol. The van der Waals surface area contributed by atoms with Gasteiger partial charge in [-0.1, -0.05) is 0 Å². The summed E-state index contributed by atoms with van der Waals surface area (Å²) in [6.45, 7) is 2.30. The molecule has 0 spiro atoms. The number of carbonyl (C=O) groups is 1. The number of imidazole rings is 1. The number of methoxy groups -OCH3 is 2. The number of amides is 1. The largest absolute Gasteiger partial charge is 0.497 e. The molecule has 2 aromatic carbocycles. The first-order valence-electron chi connectivity index (χ1n) is 8.89. The number of fused-ring (bicyclic) bond motifs is 1. The molecule has 1 aliphatic rings. The molecule has 1 aliphatic heterocycles. The molecule has 0 saturated heterocycles. The Labute approximate surface area is 162 Å². The first-order valence-corrected chi connectivity index (χ1v) is 8.89. The Morgan fingerprint density at radius 1 is 1.21 bits per heavy atom. The van der Waals surface area contributed by atoms with E-state index >= 15 is 0 Å². The predicted molar refractivity (Wildman–Crippen MR) is 104 cm³/mol. The Kier molecular flexibility index (Phi) is 4.65. The third kappa shape index (κ3) is 3.26. The fourth-order valence-electron chi connectivity index (χ4n) is 3.27. The highest BCUT2D eigenvalue weighted by molar-refractivity contribution is 5.95. The van der Waals surface area contributed by atoms with E-state index in [1.54, 1.807) is 32.7 Å². The van der Waals surface area contributed by atoms with Gasteiger partial charge in [0.2, 0.25) is 0 Å². The molecule has 7 nitrogen and oxygen atoms in total. The van der Waals surface area contributed by atoms with Gasteiger partial charge >= 0.3 is 0 Å². The normalized spacial score (nSPS) is 14.9. The summed E-state index contributed by atoms with van der Waals surface area (Å²) in [6.07, 6.45) is 3.62. The van der Waals surface area contributed by atoms with E-state index in [1.807, 2.05) is 42.0 Å². The number of ether oxygens (including phenoxy) is 3. The van der Waals surface area contributed by atoms with Gasteiger partial charge in [-0.05, 0) is 43.3 Å². The number of carbonyl (C=O) groups excluding carboxylic acids is 1. The topological polar surface area (TPSA) is 74.6 Å². The maximum Gasteiger partial charge on any atom is 0.252 e. The Hall–Kier alpha value is -3.48. The second-order valence-electron chi connectivity index (χ2n) is 6.55. The fraction of sp³-hybridized carbons (Fsp3) is 0.238. The van der Waals surface area contributed by atoms with Crippen molar-refractivity contribution >= 4 is 5.91 Å². The third-order valence-corrected chi connectivity index (χ3v) is 4.73. The number of hydrogen-bond acceptors (Lipinski definition) is 5. The van der Waals surface area contributed by atoms with E-state index in [-0.39, 0.29) is 11.9 Å². The first kappa shape index (κ1) is 17.9. The number of benzene rings is 2. The summed E-state index contributed by atoms with van der Waals surface area (Å²) < 4.78 is 18.3. The van der Waals surface area contributed by atoms with E-state index in [9.17, 15) is 4.79 Å². The summed E-state index contributed by atoms with van der Waals surface area (Å²) in [5.74, 6) is 1.88. The van der Waals surface area contributed by atoms with Gasteiger partial charge in [0, 0.05) is 17.3 Å². The van der Waals surface area contributed by atoms with Gasteiger partial charge in [0.05, 0.1) is 38.0 Å². The Morgan fingerprint density at radius 3 is 2.79 bits per heavy atom. The van der Waals surface area contributed by atoms with Crippen molar-refractivity contribution in [2.75, 3.05) is 20.8 Å². The van der Waals surface area contributed by atoms with E-state index in [4.69, 9.17) is 14.2 Å². The van der Waals surface area contributed by atoms with Gasteiger partial charge in [0.15, 0.2) is 0 Å². The molecule has 0 aliphatic carbocycles. The van der Waals surface area contributed by atoms with Crippen molar-refractivity contribution < 1.29 is 19.0 Å². The van der Waals surface area contributed by atoms with Gasteiger partial charge in [-0.3, -0.25) is 4.79 Å². The molecule has 1 N–H and O–H groups in total. The zero-order chi connectivity index (χ0) is 19.7. The van der Waals surface area contributed by atoms with Crippen molar-refractivity contribution in [3.8, 4) is 22.9 Å². The lowest BCUT2D eigenvalue weighted by Crippen LogP contribution is -2.29. The summed E-state index contributed by atoms with van der Waals surface area (Å²) in [6, 6.07) is 10.7. The van der Waals surface area contributed by atoms with Crippen LogP contribution in [0.25, 0.3) is 5.69 Å². The monoisotopic (exact) mass is 379 g/mol. The minimum absolute atomic E-state index is 0.198. The maximum atomic E-state index is 12.8. The van der Waals surface area contributed by atoms with E-state index in [0.29, 0.717) is 17.9 Å². The van der Waals surface area contributed by atoms with Crippen LogP contribution in [0.4, 0.5) is 0 Å². The van der Waals surface area contributed by atoms with Crippen LogP contribution in [-0.2, 0) is 0 Å². The van der Waals surface area contributed by atoms with E-state index < -0.39 is 0 Å². The molecule has 2 heterocycles. The maximum absolute atomic E-state index is 12.8. The number of nitrogens with zero attached hydrogens (tertiary/aromatic N) is 2. The van der Waals surface area contributed by atoms with Crippen LogP contribution in [0.3, 0.4) is 0 Å². The number of hydrogen-bond donors (Lipinski definition) is 1. The molecule has 1 aromatic heterocycles. The van der Waals surface area contributed by atoms with Crippen LogP contribution in [-0.4, -0.2) is 36.3 Å². The Bertz CT molecular complexity index is 1030. The fourth-order valence-corrected chi connectivity index (χ4v) is 3.27. The second-order valence-corrected chi connectivity index (χ2v) is 6.55. The zero-order valence-electron chi connectivity index (χ0n) is 15.9. The summed E-state index contributed by atoms with van der Waals surface area (Å²) in [5.41, 5.74) is 3.14. The molecule has 0 saturated carbocycles. The lowest BCUT2D eigenvalue weighted by Gasteiger charge is -2.14. The lowest BCUT2D eigenvalue weighted by atomic mass is 10.1. The van der Waals surface area contributed by atoms with Crippen molar-refractivity contribution in [2.24, 2.45) is 0 Å². The van der Waals surface area contributed by atoms with Gasteiger partial charge in [-0.25, -0.2) is 4.98 Å². The molecule has 0 fully saturated rings. The predicted octanol–water partition coefficient (Wildman–Crippen LogP) is 3.06. The highest BCUT2D eigenvalue weighted by Crippen LogP contribution is 2.35. The van der Waals surface area contributed by atoms with Crippen molar-refractivity contribution in [1.82, 2.24) is 14.9 Å². The number of aromatic nitrogens is 2. The van der Waals surface area contributed by atoms with Crippen molar-refractivity contribution in [1.29, 1.82) is 0 Å². The average molecular weight is 379 g/mol. The van der Waals surface area contributed by atoms with Crippen LogP contribution in [0.5, 0.6) is 17.2 Å². The van der Waals surface area contributed by atoms with Crippen molar-refractivity contribution in [3.63, 3.8) is 0 Å². The molecule has 3 aromatic rings. The standard InChI is InChI=1S/C21H21N3O4/c1-13-10-24(12-22-13)18-6-4-14(8-20(18)27-3)21(25)23-17-11-28-19-7-5-15(26-2)9-16(17)19/h4-10,12,17H,11H2,1-3H3,(H,23,25)/t17-/m0/s1. The van der Waals surface area contributed by atoms with Crippen molar-refractivity contribution in [2.45, 2.75) is 13.0 Å². The minimum atomic E-state index is -0.237. The van der Waals surface area contributed by atoms with Gasteiger partial charge < -0.3 is 24.1 Å². The lowest BCUT2D eigenvalue weighted by molar-refractivity contribution is 0.0930. The minimum Gasteiger partial charge on any atom is -0.497 e. The number of aryl methyl sites for hydroxylation is 1. The summed E-state index contributed by atoms with van der Waals surface area (Å²) in [5, 5.41) is 3.02. The molecule has 0 bridgehead atoms. The molecule has 0 radical (unpaired) electrons. The van der Waals surface area contributed by atoms with E-state index in [1.165, 1.54) is 0 Å².